The predicted octanol–water partition coefficient (Wildman–Crippen LogP) is 3.54. The molecule has 0 aromatic heterocycles. The maximum absolute atomic E-state index is 12.6. The second-order valence-corrected chi connectivity index (χ2v) is 10.0. The summed E-state index contributed by atoms with van der Waals surface area (Å²) >= 11 is 0. The van der Waals surface area contributed by atoms with Gasteiger partial charge in [0.05, 0.1) is 4.92 Å². The molecule has 3 N–H and O–H groups in total. The number of hydrogen-bond acceptors (Lipinski definition) is 5. The third kappa shape index (κ3) is 3.87. The molecule has 8 heteroatoms. The lowest BCUT2D eigenvalue weighted by Gasteiger charge is -2.56. The van der Waals surface area contributed by atoms with Crippen LogP contribution in [0.5, 0.6) is 0 Å². The van der Waals surface area contributed by atoms with Gasteiger partial charge in [-0.1, -0.05) is 0 Å². The van der Waals surface area contributed by atoms with Crippen LogP contribution in [-0.4, -0.2) is 22.8 Å². The summed E-state index contributed by atoms with van der Waals surface area (Å²) in [6.07, 6.45) is 9.78. The molecular formula is C22H28N4O4. The molecule has 30 heavy (non-hydrogen) atoms. The van der Waals surface area contributed by atoms with Crippen molar-refractivity contribution in [2.45, 2.75) is 63.8 Å². The van der Waals surface area contributed by atoms with Gasteiger partial charge in [-0.25, -0.2) is 0 Å². The van der Waals surface area contributed by atoms with Crippen LogP contribution in [0.4, 0.5) is 11.4 Å². The van der Waals surface area contributed by atoms with Crippen LogP contribution in [0.3, 0.4) is 0 Å². The zero-order chi connectivity index (χ0) is 20.9. The lowest BCUT2D eigenvalue weighted by atomic mass is 9.49. The van der Waals surface area contributed by atoms with Crippen LogP contribution in [0.2, 0.25) is 0 Å². The van der Waals surface area contributed by atoms with E-state index in [1.54, 1.807) is 6.07 Å². The quantitative estimate of drug-likeness (QED) is 0.489. The minimum atomic E-state index is -0.546. The second-order valence-electron chi connectivity index (χ2n) is 10.0. The van der Waals surface area contributed by atoms with Crippen molar-refractivity contribution in [1.82, 2.24) is 10.9 Å². The van der Waals surface area contributed by atoms with E-state index in [0.717, 1.165) is 49.9 Å². The van der Waals surface area contributed by atoms with Gasteiger partial charge in [0.25, 0.3) is 11.6 Å². The van der Waals surface area contributed by atoms with Gasteiger partial charge in [0, 0.05) is 24.1 Å². The zero-order valence-electron chi connectivity index (χ0n) is 17.0. The zero-order valence-corrected chi connectivity index (χ0v) is 17.0. The van der Waals surface area contributed by atoms with Gasteiger partial charge in [0.2, 0.25) is 5.91 Å². The Balaban J connectivity index is 1.19. The smallest absolute Gasteiger partial charge is 0.293 e. The van der Waals surface area contributed by atoms with Crippen LogP contribution in [-0.2, 0) is 4.79 Å². The summed E-state index contributed by atoms with van der Waals surface area (Å²) in [4.78, 5) is 35.9. The number of carbonyl (C=O) groups excluding carboxylic acids is 2. The van der Waals surface area contributed by atoms with E-state index in [2.05, 4.69) is 16.2 Å². The number of hydrazine groups is 1. The molecule has 1 aromatic carbocycles. The van der Waals surface area contributed by atoms with E-state index < -0.39 is 10.8 Å². The lowest BCUT2D eigenvalue weighted by molar-refractivity contribution is -0.384. The van der Waals surface area contributed by atoms with Crippen LogP contribution in [0.1, 0.15) is 68.1 Å². The summed E-state index contributed by atoms with van der Waals surface area (Å²) in [6, 6.07) is 4.62. The Labute approximate surface area is 175 Å². The molecule has 2 amide bonds. The number of nitro groups is 1. The van der Waals surface area contributed by atoms with Gasteiger partial charge in [-0.3, -0.25) is 30.6 Å². The minimum Gasteiger partial charge on any atom is -0.377 e. The topological polar surface area (TPSA) is 113 Å². The molecule has 8 nitrogen and oxygen atoms in total. The summed E-state index contributed by atoms with van der Waals surface area (Å²) in [5, 5.41) is 14.5. The molecule has 0 saturated heterocycles. The number of nitro benzene ring substituents is 1. The van der Waals surface area contributed by atoms with E-state index in [1.165, 1.54) is 31.4 Å². The van der Waals surface area contributed by atoms with Gasteiger partial charge in [-0.05, 0) is 86.7 Å². The van der Waals surface area contributed by atoms with Gasteiger partial charge in [-0.15, -0.1) is 0 Å². The SMILES string of the molecule is O=C(CC12CC3CC(CC(C3)C1)C2)NNC(=O)c1ccc(NC2CC2)c([N+](=O)[O-])c1. The number of carbonyl (C=O) groups is 2. The first-order valence-corrected chi connectivity index (χ1v) is 11.0. The number of rotatable bonds is 6. The van der Waals surface area contributed by atoms with Gasteiger partial charge in [0.15, 0.2) is 0 Å². The molecule has 4 bridgehead atoms. The Kier molecular flexibility index (Phi) is 4.67. The van der Waals surface area contributed by atoms with E-state index in [9.17, 15) is 19.7 Å². The maximum atomic E-state index is 12.6. The fourth-order valence-electron chi connectivity index (χ4n) is 6.48. The predicted molar refractivity (Wildman–Crippen MR) is 111 cm³/mol. The highest BCUT2D eigenvalue weighted by Crippen LogP contribution is 2.61. The van der Waals surface area contributed by atoms with Crippen molar-refractivity contribution < 1.29 is 14.5 Å². The number of hydrogen-bond donors (Lipinski definition) is 3. The number of amides is 2. The average molecular weight is 412 g/mol. The van der Waals surface area contributed by atoms with Gasteiger partial charge < -0.3 is 5.32 Å². The highest BCUT2D eigenvalue weighted by molar-refractivity contribution is 5.96. The van der Waals surface area contributed by atoms with E-state index in [1.807, 2.05) is 0 Å². The molecule has 0 aliphatic heterocycles. The van der Waals surface area contributed by atoms with Gasteiger partial charge in [0.1, 0.15) is 5.69 Å². The monoisotopic (exact) mass is 412 g/mol. The minimum absolute atomic E-state index is 0.0957. The Hall–Kier alpha value is -2.64. The molecule has 5 aliphatic carbocycles. The van der Waals surface area contributed by atoms with Crippen LogP contribution in [0, 0.1) is 33.3 Å². The molecule has 5 fully saturated rings. The molecule has 0 spiro atoms. The van der Waals surface area contributed by atoms with Gasteiger partial charge in [-0.2, -0.15) is 0 Å². The normalized spacial score (nSPS) is 31.3. The molecule has 0 unspecified atom stereocenters. The summed E-state index contributed by atoms with van der Waals surface area (Å²) in [6.45, 7) is 0. The first-order chi connectivity index (χ1) is 14.4. The Morgan fingerprint density at radius 3 is 2.23 bits per heavy atom. The molecule has 0 radical (unpaired) electrons. The Bertz CT molecular complexity index is 860. The van der Waals surface area contributed by atoms with Crippen molar-refractivity contribution in [1.29, 1.82) is 0 Å². The molecule has 0 atom stereocenters. The average Bonchev–Trinajstić information content (AvgIpc) is 3.49. The molecule has 1 aromatic rings. The largest absolute Gasteiger partial charge is 0.377 e. The van der Waals surface area contributed by atoms with Crippen molar-refractivity contribution in [3.63, 3.8) is 0 Å². The number of benzene rings is 1. The molecule has 160 valence electrons. The standard InChI is InChI=1S/C22H28N4O4/c27-20(12-22-9-13-5-14(10-22)7-15(6-13)11-22)24-25-21(28)16-1-4-18(23-17-2-3-17)19(8-16)26(29)30/h1,4,8,13-15,17,23H,2-3,5-7,9-12H2,(H,24,27)(H,25,28). The number of nitrogens with one attached hydrogen (secondary N) is 3. The summed E-state index contributed by atoms with van der Waals surface area (Å²) in [5.74, 6) is 1.58. The second kappa shape index (κ2) is 7.25. The van der Waals surface area contributed by atoms with Crippen LogP contribution < -0.4 is 16.2 Å². The third-order valence-corrected chi connectivity index (χ3v) is 7.41. The first-order valence-electron chi connectivity index (χ1n) is 11.0. The Morgan fingerprint density at radius 1 is 1.03 bits per heavy atom. The van der Waals surface area contributed by atoms with E-state index in [-0.39, 0.29) is 28.6 Å². The van der Waals surface area contributed by atoms with Crippen LogP contribution >= 0.6 is 0 Å². The van der Waals surface area contributed by atoms with E-state index in [0.29, 0.717) is 12.1 Å². The van der Waals surface area contributed by atoms with Gasteiger partial charge >= 0.3 is 0 Å². The van der Waals surface area contributed by atoms with Crippen LogP contribution in [0.25, 0.3) is 0 Å². The van der Waals surface area contributed by atoms with E-state index in [4.69, 9.17) is 0 Å². The fourth-order valence-corrected chi connectivity index (χ4v) is 6.48. The Morgan fingerprint density at radius 2 is 1.67 bits per heavy atom. The van der Waals surface area contributed by atoms with E-state index >= 15 is 0 Å². The lowest BCUT2D eigenvalue weighted by Crippen LogP contribution is -2.50. The fraction of sp³-hybridized carbons (Fsp3) is 0.636. The number of anilines is 1. The molecule has 6 rings (SSSR count). The summed E-state index contributed by atoms with van der Waals surface area (Å²) in [5.41, 5.74) is 5.51. The summed E-state index contributed by atoms with van der Waals surface area (Å²) in [7, 11) is 0. The first kappa shape index (κ1) is 19.3. The number of nitrogens with zero attached hydrogens (tertiary/aromatic N) is 1. The van der Waals surface area contributed by atoms with Crippen molar-refractivity contribution >= 4 is 23.2 Å². The molecule has 5 aliphatic rings. The highest BCUT2D eigenvalue weighted by Gasteiger charge is 2.51. The molecule has 5 saturated carbocycles. The summed E-state index contributed by atoms with van der Waals surface area (Å²) < 4.78 is 0. The van der Waals surface area contributed by atoms with Crippen molar-refractivity contribution in [2.75, 3.05) is 5.32 Å². The third-order valence-electron chi connectivity index (χ3n) is 7.41. The van der Waals surface area contributed by atoms with Crippen LogP contribution in [0.15, 0.2) is 18.2 Å². The molecular weight excluding hydrogens is 384 g/mol. The van der Waals surface area contributed by atoms with Crippen molar-refractivity contribution in [2.24, 2.45) is 23.2 Å². The van der Waals surface area contributed by atoms with Crippen molar-refractivity contribution in [3.8, 4) is 0 Å². The maximum Gasteiger partial charge on any atom is 0.293 e. The molecule has 0 heterocycles. The highest BCUT2D eigenvalue weighted by atomic mass is 16.6. The van der Waals surface area contributed by atoms with Crippen molar-refractivity contribution in [3.05, 3.63) is 33.9 Å².